The van der Waals surface area contributed by atoms with E-state index in [9.17, 15) is 0 Å². The van der Waals surface area contributed by atoms with Crippen LogP contribution in [0.25, 0.3) is 0 Å². The van der Waals surface area contributed by atoms with Crippen molar-refractivity contribution in [2.75, 3.05) is 0 Å². The number of unbranched alkanes of at least 4 members (excludes halogenated alkanes) is 2. The first kappa shape index (κ1) is 19.0. The second kappa shape index (κ2) is 9.24. The van der Waals surface area contributed by atoms with Gasteiger partial charge in [0.2, 0.25) is 0 Å². The van der Waals surface area contributed by atoms with Gasteiger partial charge in [-0.15, -0.1) is 0 Å². The zero-order valence-electron chi connectivity index (χ0n) is 16.0. The molecule has 1 atom stereocenters. The molecule has 0 spiro atoms. The van der Waals surface area contributed by atoms with Gasteiger partial charge in [0, 0.05) is 0 Å². The van der Waals surface area contributed by atoms with Crippen molar-refractivity contribution >= 4 is 26.6 Å². The van der Waals surface area contributed by atoms with Crippen LogP contribution >= 0.6 is 0 Å². The van der Waals surface area contributed by atoms with Crippen molar-refractivity contribution in [1.82, 2.24) is 0 Å². The normalized spacial score (nSPS) is 12.7. The Morgan fingerprint density at radius 1 is 0.615 bits per heavy atom. The van der Waals surface area contributed by atoms with Gasteiger partial charge in [-0.3, -0.25) is 0 Å². The summed E-state index contributed by atoms with van der Waals surface area (Å²) in [5.74, 6) is 0. The number of rotatable bonds is 8. The molecular formula is C25H30As+. The molecule has 3 rings (SSSR count). The van der Waals surface area contributed by atoms with Gasteiger partial charge in [0.15, 0.2) is 0 Å². The summed E-state index contributed by atoms with van der Waals surface area (Å²) in [6.45, 7) is 4.80. The molecule has 0 aliphatic rings. The standard InChI is InChI=1S/C25H30As/c1-3-4-8-15-22(2)26(23-16-9-5-10-17-23,24-18-11-6-12-19-24)25-20-13-7-14-21-25/h5-7,9-14,16-22H,3-4,8,15H2,1-2H3/q+1. The molecule has 0 fully saturated rings. The van der Waals surface area contributed by atoms with Crippen molar-refractivity contribution in [2.24, 2.45) is 0 Å². The van der Waals surface area contributed by atoms with Gasteiger partial charge in [-0.1, -0.05) is 0 Å². The van der Waals surface area contributed by atoms with Crippen molar-refractivity contribution in [3.05, 3.63) is 91.0 Å². The second-order valence-electron chi connectivity index (χ2n) is 7.07. The molecule has 3 aromatic carbocycles. The molecule has 0 amide bonds. The van der Waals surface area contributed by atoms with Crippen LogP contribution in [0.5, 0.6) is 0 Å². The topological polar surface area (TPSA) is 0 Å². The van der Waals surface area contributed by atoms with E-state index < -0.39 is 13.6 Å². The van der Waals surface area contributed by atoms with Gasteiger partial charge in [-0.2, -0.15) is 0 Å². The summed E-state index contributed by atoms with van der Waals surface area (Å²) < 4.78 is 5.37. The summed E-state index contributed by atoms with van der Waals surface area (Å²) in [6.07, 6.45) is 5.25. The minimum atomic E-state index is -2.54. The predicted molar refractivity (Wildman–Crippen MR) is 118 cm³/mol. The van der Waals surface area contributed by atoms with Crippen LogP contribution in [0.3, 0.4) is 0 Å². The molecule has 26 heavy (non-hydrogen) atoms. The number of benzene rings is 3. The summed E-state index contributed by atoms with van der Waals surface area (Å²) in [6, 6.07) is 34.0. The molecule has 0 aliphatic heterocycles. The number of hydrogen-bond donors (Lipinski definition) is 0. The third-order valence-corrected chi connectivity index (χ3v) is 15.7. The predicted octanol–water partition coefficient (Wildman–Crippen LogP) is 5.13. The molecule has 0 saturated heterocycles. The first-order valence-corrected chi connectivity index (χ1v) is 13.8. The van der Waals surface area contributed by atoms with Gasteiger partial charge in [-0.25, -0.2) is 0 Å². The SMILES string of the molecule is CCCCCC(C)[As+](c1ccccc1)(c1ccccc1)c1ccccc1. The first-order chi connectivity index (χ1) is 12.8. The van der Waals surface area contributed by atoms with E-state index in [-0.39, 0.29) is 0 Å². The van der Waals surface area contributed by atoms with Crippen LogP contribution in [0.4, 0.5) is 0 Å². The molecule has 1 unspecified atom stereocenters. The van der Waals surface area contributed by atoms with E-state index in [1.165, 1.54) is 25.7 Å². The van der Waals surface area contributed by atoms with Crippen LogP contribution in [-0.2, 0) is 0 Å². The van der Waals surface area contributed by atoms with Crippen LogP contribution in [0, 0.1) is 0 Å². The molecule has 0 saturated carbocycles. The Morgan fingerprint density at radius 3 is 1.35 bits per heavy atom. The quantitative estimate of drug-likeness (QED) is 0.360. The Labute approximate surface area is 161 Å². The Balaban J connectivity index is 2.21. The molecule has 0 heterocycles. The van der Waals surface area contributed by atoms with Gasteiger partial charge in [0.05, 0.1) is 0 Å². The maximum absolute atomic E-state index is 2.54. The summed E-state index contributed by atoms with van der Waals surface area (Å²) in [5, 5.41) is 0. The van der Waals surface area contributed by atoms with Crippen LogP contribution in [0.15, 0.2) is 91.0 Å². The van der Waals surface area contributed by atoms with E-state index in [1.807, 2.05) is 0 Å². The monoisotopic (exact) mass is 405 g/mol. The van der Waals surface area contributed by atoms with Crippen LogP contribution in [0.1, 0.15) is 39.5 Å². The molecule has 0 nitrogen and oxygen atoms in total. The van der Waals surface area contributed by atoms with Crippen molar-refractivity contribution in [3.8, 4) is 0 Å². The van der Waals surface area contributed by atoms with Crippen LogP contribution in [0.2, 0.25) is 4.71 Å². The zero-order valence-corrected chi connectivity index (χ0v) is 17.9. The first-order valence-electron chi connectivity index (χ1n) is 9.85. The summed E-state index contributed by atoms with van der Waals surface area (Å²) in [5.41, 5.74) is 0. The fourth-order valence-corrected chi connectivity index (χ4v) is 14.4. The van der Waals surface area contributed by atoms with E-state index in [4.69, 9.17) is 0 Å². The molecule has 0 radical (unpaired) electrons. The van der Waals surface area contributed by atoms with Crippen molar-refractivity contribution in [2.45, 2.75) is 44.2 Å². The second-order valence-corrected chi connectivity index (χ2v) is 15.2. The zero-order chi connectivity index (χ0) is 18.2. The minimum absolute atomic E-state index is 0.687. The Hall–Kier alpha value is -1.78. The molecule has 0 N–H and O–H groups in total. The van der Waals surface area contributed by atoms with E-state index in [0.29, 0.717) is 4.71 Å². The molecule has 0 aliphatic carbocycles. The molecule has 134 valence electrons. The molecule has 0 aromatic heterocycles. The van der Waals surface area contributed by atoms with Crippen LogP contribution in [-0.4, -0.2) is 13.6 Å². The number of hydrogen-bond acceptors (Lipinski definition) is 0. The van der Waals surface area contributed by atoms with E-state index in [0.717, 1.165) is 0 Å². The van der Waals surface area contributed by atoms with Gasteiger partial charge in [0.1, 0.15) is 0 Å². The van der Waals surface area contributed by atoms with Crippen molar-refractivity contribution < 1.29 is 0 Å². The fourth-order valence-electron chi connectivity index (χ4n) is 4.08. The Bertz CT molecular complexity index is 668. The van der Waals surface area contributed by atoms with E-state index in [2.05, 4.69) is 105 Å². The third kappa shape index (κ3) is 3.81. The summed E-state index contributed by atoms with van der Waals surface area (Å²) >= 11 is -2.54. The Morgan fingerprint density at radius 2 is 1.00 bits per heavy atom. The van der Waals surface area contributed by atoms with Crippen molar-refractivity contribution in [1.29, 1.82) is 0 Å². The molecule has 0 bridgehead atoms. The average molecular weight is 405 g/mol. The van der Waals surface area contributed by atoms with E-state index >= 15 is 0 Å². The maximum atomic E-state index is 2.51. The van der Waals surface area contributed by atoms with Gasteiger partial charge >= 0.3 is 162 Å². The van der Waals surface area contributed by atoms with Crippen LogP contribution < -0.4 is 13.1 Å². The molecule has 3 aromatic rings. The fraction of sp³-hybridized carbons (Fsp3) is 0.280. The molecule has 1 heteroatoms. The summed E-state index contributed by atoms with van der Waals surface area (Å²) in [4.78, 5) is 0. The van der Waals surface area contributed by atoms with E-state index in [1.54, 1.807) is 13.1 Å². The van der Waals surface area contributed by atoms with Gasteiger partial charge in [-0.05, 0) is 0 Å². The van der Waals surface area contributed by atoms with Gasteiger partial charge < -0.3 is 0 Å². The average Bonchev–Trinajstić information content (AvgIpc) is 2.71. The molecular weight excluding hydrogens is 375 g/mol. The third-order valence-electron chi connectivity index (χ3n) is 5.38. The van der Waals surface area contributed by atoms with Gasteiger partial charge in [0.25, 0.3) is 0 Å². The Kier molecular flexibility index (Phi) is 6.75. The van der Waals surface area contributed by atoms with Crippen molar-refractivity contribution in [3.63, 3.8) is 0 Å². The summed E-state index contributed by atoms with van der Waals surface area (Å²) in [7, 11) is 0.